The standard InChI is InChI=1S/C27H22IN3O2S/c1-30(19-6-4-3-5-7-19)21-12-14-23-25(16-21)34(28)26-17-22(13-15-24(26)29-23)31(2)20-10-8-18(9-11-20)27(32)33/h3-17H,1-2H3,(H,32,33). The Balaban J connectivity index is 1.53. The normalized spacial score (nSPS) is 13.9. The Morgan fingerprint density at radius 1 is 0.794 bits per heavy atom. The Kier molecular flexibility index (Phi) is 6.14. The number of para-hydroxylation sites is 1. The van der Waals surface area contributed by atoms with Gasteiger partial charge >= 0.3 is 5.97 Å². The van der Waals surface area contributed by atoms with Gasteiger partial charge in [-0.2, -0.15) is 0 Å². The summed E-state index contributed by atoms with van der Waals surface area (Å²) in [7, 11) is 3.90. The molecule has 1 aliphatic heterocycles. The highest BCUT2D eigenvalue weighted by molar-refractivity contribution is 14.2. The van der Waals surface area contributed by atoms with Crippen molar-refractivity contribution in [2.75, 3.05) is 23.9 Å². The molecular weight excluding hydrogens is 557 g/mol. The van der Waals surface area contributed by atoms with Crippen molar-refractivity contribution < 1.29 is 9.90 Å². The Labute approximate surface area is 212 Å². The largest absolute Gasteiger partial charge is 0.478 e. The van der Waals surface area contributed by atoms with E-state index in [-0.39, 0.29) is 13.2 Å². The van der Waals surface area contributed by atoms with Crippen LogP contribution in [0.25, 0.3) is 0 Å². The molecule has 4 aromatic rings. The van der Waals surface area contributed by atoms with Crippen LogP contribution in [0.3, 0.4) is 0 Å². The van der Waals surface area contributed by atoms with Gasteiger partial charge in [-0.1, -0.05) is 25.9 Å². The molecule has 170 valence electrons. The van der Waals surface area contributed by atoms with Crippen LogP contribution in [-0.2, 0) is 0 Å². The van der Waals surface area contributed by atoms with Crippen LogP contribution in [0.4, 0.5) is 28.4 Å². The van der Waals surface area contributed by atoms with Crippen molar-refractivity contribution in [2.45, 2.75) is 4.90 Å². The van der Waals surface area contributed by atoms with Crippen molar-refractivity contribution in [1.29, 1.82) is 0 Å². The van der Waals surface area contributed by atoms with Crippen molar-refractivity contribution in [3.05, 3.63) is 106 Å². The van der Waals surface area contributed by atoms with E-state index in [1.54, 1.807) is 12.1 Å². The number of hydrogen-bond donors (Lipinski definition) is 1. The van der Waals surface area contributed by atoms with E-state index in [4.69, 9.17) is 10.1 Å². The minimum atomic E-state index is -0.922. The SMILES string of the molecule is CN(c1ccc(C(=O)O)cc1)c1ccc2c(c1)S(I)=c1cc(N(C)c3ccccc3)ccc1=N2. The van der Waals surface area contributed by atoms with Gasteiger partial charge in [-0.05, 0) is 94.0 Å². The number of carboxylic acids is 1. The highest BCUT2D eigenvalue weighted by Gasteiger charge is 2.15. The third-order valence-electron chi connectivity index (χ3n) is 5.93. The lowest BCUT2D eigenvalue weighted by Gasteiger charge is -2.23. The zero-order chi connectivity index (χ0) is 23.8. The Morgan fingerprint density at radius 3 is 2.06 bits per heavy atom. The van der Waals surface area contributed by atoms with Crippen LogP contribution in [0.15, 0.2) is 101 Å². The summed E-state index contributed by atoms with van der Waals surface area (Å²) in [5.41, 5.74) is 5.51. The van der Waals surface area contributed by atoms with Crippen LogP contribution < -0.4 is 15.2 Å². The molecule has 1 heterocycles. The summed E-state index contributed by atoms with van der Waals surface area (Å²) in [6.07, 6.45) is 0. The zero-order valence-electron chi connectivity index (χ0n) is 18.6. The number of carboxylic acid groups (broad SMARTS) is 1. The van der Waals surface area contributed by atoms with E-state index < -0.39 is 5.97 Å². The van der Waals surface area contributed by atoms with Crippen molar-refractivity contribution in [2.24, 2.45) is 4.99 Å². The summed E-state index contributed by atoms with van der Waals surface area (Å²) < 4.78 is 1.22. The molecule has 0 amide bonds. The molecule has 0 radical (unpaired) electrons. The third kappa shape index (κ3) is 4.21. The Morgan fingerprint density at radius 2 is 1.38 bits per heavy atom. The summed E-state index contributed by atoms with van der Waals surface area (Å²) in [5.74, 6) is -0.922. The predicted molar refractivity (Wildman–Crippen MR) is 148 cm³/mol. The van der Waals surface area contributed by atoms with E-state index in [9.17, 15) is 4.79 Å². The van der Waals surface area contributed by atoms with Gasteiger partial charge in [-0.25, -0.2) is 9.79 Å². The number of nitrogens with zero attached hydrogens (tertiary/aromatic N) is 3. The van der Waals surface area contributed by atoms with Crippen LogP contribution in [-0.4, -0.2) is 25.2 Å². The quantitative estimate of drug-likeness (QED) is 0.202. The summed E-state index contributed by atoms with van der Waals surface area (Å²) in [6, 6.07) is 30.0. The second-order valence-corrected chi connectivity index (χ2v) is 12.0. The van der Waals surface area contributed by atoms with Gasteiger partial charge in [0.1, 0.15) is 0 Å². The molecule has 5 nitrogen and oxygen atoms in total. The molecule has 0 spiro atoms. The summed E-state index contributed by atoms with van der Waals surface area (Å²) in [4.78, 5) is 21.6. The number of benzene rings is 4. The first-order valence-electron chi connectivity index (χ1n) is 10.7. The molecule has 0 aromatic heterocycles. The first kappa shape index (κ1) is 22.6. The van der Waals surface area contributed by atoms with Crippen molar-refractivity contribution in [1.82, 2.24) is 0 Å². The van der Waals surface area contributed by atoms with Crippen molar-refractivity contribution >= 4 is 63.3 Å². The second-order valence-electron chi connectivity index (χ2n) is 7.98. The van der Waals surface area contributed by atoms with Gasteiger partial charge in [0.2, 0.25) is 0 Å². The van der Waals surface area contributed by atoms with Crippen LogP contribution >= 0.6 is 28.9 Å². The molecule has 0 aliphatic carbocycles. The fraction of sp³-hybridized carbons (Fsp3) is 0.0741. The van der Waals surface area contributed by atoms with E-state index in [1.165, 1.54) is 9.41 Å². The highest BCUT2D eigenvalue weighted by Crippen LogP contribution is 2.46. The molecule has 0 saturated heterocycles. The first-order chi connectivity index (χ1) is 16.4. The zero-order valence-corrected chi connectivity index (χ0v) is 21.6. The molecular formula is C27H22IN3O2S. The minimum absolute atomic E-state index is 0.171. The summed E-state index contributed by atoms with van der Waals surface area (Å²) >= 11 is 2.53. The Bertz CT molecular complexity index is 1520. The number of rotatable bonds is 5. The van der Waals surface area contributed by atoms with Gasteiger partial charge in [0.05, 0.1) is 16.6 Å². The maximum Gasteiger partial charge on any atom is 0.335 e. The lowest BCUT2D eigenvalue weighted by molar-refractivity contribution is 0.0697. The summed E-state index contributed by atoms with van der Waals surface area (Å²) in [5, 5.41) is 10.2. The minimum Gasteiger partial charge on any atom is -0.478 e. The molecule has 7 heteroatoms. The first-order valence-corrected chi connectivity index (χ1v) is 14.5. The second kappa shape index (κ2) is 9.23. The number of aromatic carboxylic acids is 1. The number of carbonyl (C=O) groups is 1. The van der Waals surface area contributed by atoms with E-state index in [0.717, 1.165) is 33.8 Å². The summed E-state index contributed by atoms with van der Waals surface area (Å²) in [6.45, 7) is 0. The maximum absolute atomic E-state index is 11.2. The number of anilines is 4. The molecule has 34 heavy (non-hydrogen) atoms. The van der Waals surface area contributed by atoms with E-state index in [2.05, 4.69) is 86.6 Å². The monoisotopic (exact) mass is 579 g/mol. The fourth-order valence-corrected chi connectivity index (χ4v) is 7.32. The average molecular weight is 579 g/mol. The van der Waals surface area contributed by atoms with Gasteiger partial charge in [0, 0.05) is 46.3 Å². The van der Waals surface area contributed by atoms with E-state index in [1.807, 2.05) is 37.4 Å². The lowest BCUT2D eigenvalue weighted by Crippen LogP contribution is -2.13. The molecule has 1 atom stereocenters. The molecule has 0 saturated carbocycles. The van der Waals surface area contributed by atoms with Crippen molar-refractivity contribution in [3.63, 3.8) is 0 Å². The number of fused-ring (bicyclic) bond motifs is 2. The molecule has 1 unspecified atom stereocenters. The molecule has 1 N–H and O–H groups in total. The highest BCUT2D eigenvalue weighted by atomic mass is 127. The molecule has 5 rings (SSSR count). The lowest BCUT2D eigenvalue weighted by atomic mass is 10.2. The van der Waals surface area contributed by atoms with Crippen LogP contribution in [0.2, 0.25) is 0 Å². The number of halogens is 1. The predicted octanol–water partition coefficient (Wildman–Crippen LogP) is 7.11. The van der Waals surface area contributed by atoms with Crippen LogP contribution in [0.5, 0.6) is 0 Å². The van der Waals surface area contributed by atoms with Crippen LogP contribution in [0, 0.1) is 4.51 Å². The molecule has 0 bridgehead atoms. The maximum atomic E-state index is 11.2. The van der Waals surface area contributed by atoms with Gasteiger partial charge < -0.3 is 14.9 Å². The Hall–Kier alpha value is -3.17. The van der Waals surface area contributed by atoms with Gasteiger partial charge in [0.25, 0.3) is 0 Å². The van der Waals surface area contributed by atoms with Crippen molar-refractivity contribution in [3.8, 4) is 0 Å². The number of hydrogen-bond acceptors (Lipinski definition) is 4. The smallest absolute Gasteiger partial charge is 0.335 e. The fourth-order valence-electron chi connectivity index (χ4n) is 3.92. The van der Waals surface area contributed by atoms with E-state index >= 15 is 0 Å². The van der Waals surface area contributed by atoms with Gasteiger partial charge in [-0.3, -0.25) is 0 Å². The molecule has 4 aromatic carbocycles. The average Bonchev–Trinajstić information content (AvgIpc) is 2.88. The van der Waals surface area contributed by atoms with Gasteiger partial charge in [0.15, 0.2) is 0 Å². The van der Waals surface area contributed by atoms with Crippen LogP contribution in [0.1, 0.15) is 10.4 Å². The molecule has 1 aliphatic rings. The van der Waals surface area contributed by atoms with E-state index in [0.29, 0.717) is 0 Å². The third-order valence-corrected chi connectivity index (χ3v) is 10.2. The topological polar surface area (TPSA) is 56.1 Å². The van der Waals surface area contributed by atoms with Gasteiger partial charge in [-0.15, -0.1) is 0 Å². The molecule has 0 fully saturated rings.